The van der Waals surface area contributed by atoms with E-state index in [4.69, 9.17) is 9.47 Å². The van der Waals surface area contributed by atoms with Gasteiger partial charge in [0.05, 0.1) is 13.2 Å². The van der Waals surface area contributed by atoms with Crippen LogP contribution in [-0.4, -0.2) is 41.8 Å². The highest BCUT2D eigenvalue weighted by Crippen LogP contribution is 2.16. The Morgan fingerprint density at radius 1 is 1.03 bits per heavy atom. The minimum Gasteiger partial charge on any atom is -0.497 e. The van der Waals surface area contributed by atoms with Gasteiger partial charge in [0.2, 0.25) is 0 Å². The maximum absolute atomic E-state index is 12.6. The molecule has 0 aliphatic carbocycles. The molecule has 2 atom stereocenters. The standard InChI is InChI=1S/C23H29NO5/c1-23(2,3)29-22(27)20(24-21(26)17-8-6-5-7-9-17)19(25)15-12-16-10-13-18(28-4)14-11-16/h5-11,13-14,19-20,25H,12,15H2,1-4H3,(H,24,26)/t19-,20+/m1/s1. The van der Waals surface area contributed by atoms with Crippen molar-refractivity contribution in [1.82, 2.24) is 5.32 Å². The molecule has 2 N–H and O–H groups in total. The number of aryl methyl sites for hydroxylation is 1. The zero-order valence-electron chi connectivity index (χ0n) is 17.3. The molecular weight excluding hydrogens is 370 g/mol. The first-order valence-electron chi connectivity index (χ1n) is 9.59. The van der Waals surface area contributed by atoms with E-state index in [9.17, 15) is 14.7 Å². The van der Waals surface area contributed by atoms with Gasteiger partial charge in [-0.15, -0.1) is 0 Å². The van der Waals surface area contributed by atoms with Crippen LogP contribution in [0.5, 0.6) is 5.75 Å². The first-order chi connectivity index (χ1) is 13.7. The second kappa shape index (κ2) is 10.1. The van der Waals surface area contributed by atoms with E-state index in [1.54, 1.807) is 58.2 Å². The molecule has 0 spiro atoms. The molecule has 6 nitrogen and oxygen atoms in total. The van der Waals surface area contributed by atoms with Crippen molar-refractivity contribution in [2.45, 2.75) is 51.4 Å². The summed E-state index contributed by atoms with van der Waals surface area (Å²) in [5.74, 6) is -0.356. The van der Waals surface area contributed by atoms with Gasteiger partial charge in [-0.3, -0.25) is 4.79 Å². The predicted octanol–water partition coefficient (Wildman–Crippen LogP) is 3.13. The molecule has 0 saturated carbocycles. The van der Waals surface area contributed by atoms with Gasteiger partial charge in [0.25, 0.3) is 5.91 Å². The smallest absolute Gasteiger partial charge is 0.331 e. The molecule has 0 aliphatic heterocycles. The number of benzene rings is 2. The zero-order valence-corrected chi connectivity index (χ0v) is 17.3. The van der Waals surface area contributed by atoms with E-state index >= 15 is 0 Å². The average molecular weight is 399 g/mol. The van der Waals surface area contributed by atoms with Gasteiger partial charge in [0.15, 0.2) is 6.04 Å². The van der Waals surface area contributed by atoms with Crippen molar-refractivity contribution >= 4 is 11.9 Å². The van der Waals surface area contributed by atoms with Crippen molar-refractivity contribution in [3.05, 3.63) is 65.7 Å². The largest absolute Gasteiger partial charge is 0.497 e. The molecule has 0 aliphatic rings. The average Bonchev–Trinajstić information content (AvgIpc) is 2.69. The third kappa shape index (κ3) is 7.23. The van der Waals surface area contributed by atoms with E-state index in [1.165, 1.54) is 0 Å². The summed E-state index contributed by atoms with van der Waals surface area (Å²) in [6.45, 7) is 5.22. The van der Waals surface area contributed by atoms with Gasteiger partial charge in [0, 0.05) is 5.56 Å². The maximum Gasteiger partial charge on any atom is 0.331 e. The number of ether oxygens (including phenoxy) is 2. The number of hydrogen-bond acceptors (Lipinski definition) is 5. The molecular formula is C23H29NO5. The number of amides is 1. The number of carbonyl (C=O) groups excluding carboxylic acids is 2. The number of rotatable bonds is 8. The summed E-state index contributed by atoms with van der Waals surface area (Å²) in [6.07, 6.45) is -0.281. The minimum absolute atomic E-state index is 0.283. The van der Waals surface area contributed by atoms with E-state index in [1.807, 2.05) is 24.3 Å². The third-order valence-electron chi connectivity index (χ3n) is 4.26. The number of hydrogen-bond donors (Lipinski definition) is 2. The second-order valence-corrected chi connectivity index (χ2v) is 7.80. The van der Waals surface area contributed by atoms with Gasteiger partial charge in [-0.2, -0.15) is 0 Å². The van der Waals surface area contributed by atoms with Gasteiger partial charge in [-0.1, -0.05) is 30.3 Å². The second-order valence-electron chi connectivity index (χ2n) is 7.80. The quantitative estimate of drug-likeness (QED) is 0.666. The van der Waals surface area contributed by atoms with Crippen LogP contribution in [0.15, 0.2) is 54.6 Å². The number of aliphatic hydroxyl groups is 1. The van der Waals surface area contributed by atoms with Gasteiger partial charge >= 0.3 is 5.97 Å². The molecule has 0 bridgehead atoms. The highest BCUT2D eigenvalue weighted by atomic mass is 16.6. The SMILES string of the molecule is COc1ccc(CC[C@@H](O)[C@H](NC(=O)c2ccccc2)C(=O)OC(C)(C)C)cc1. The van der Waals surface area contributed by atoms with Crippen molar-refractivity contribution in [2.75, 3.05) is 7.11 Å². The van der Waals surface area contributed by atoms with Crippen LogP contribution in [0.25, 0.3) is 0 Å². The number of carbonyl (C=O) groups is 2. The molecule has 29 heavy (non-hydrogen) atoms. The normalized spacial score (nSPS) is 13.3. The molecule has 1 amide bonds. The number of nitrogens with one attached hydrogen (secondary N) is 1. The molecule has 0 unspecified atom stereocenters. The summed E-state index contributed by atoms with van der Waals surface area (Å²) < 4.78 is 10.5. The molecule has 0 aromatic heterocycles. The third-order valence-corrected chi connectivity index (χ3v) is 4.26. The van der Waals surface area contributed by atoms with Crippen LogP contribution in [0.3, 0.4) is 0 Å². The fraction of sp³-hybridized carbons (Fsp3) is 0.391. The minimum atomic E-state index is -1.17. The summed E-state index contributed by atoms with van der Waals surface area (Å²) in [7, 11) is 1.60. The number of methoxy groups -OCH3 is 1. The van der Waals surface area contributed by atoms with Crippen LogP contribution in [0.1, 0.15) is 43.1 Å². The van der Waals surface area contributed by atoms with E-state index in [0.717, 1.165) is 11.3 Å². The van der Waals surface area contributed by atoms with Gasteiger partial charge in [-0.25, -0.2) is 4.79 Å². The maximum atomic E-state index is 12.6. The Morgan fingerprint density at radius 2 is 1.66 bits per heavy atom. The van der Waals surface area contributed by atoms with E-state index < -0.39 is 29.6 Å². The van der Waals surface area contributed by atoms with Gasteiger partial charge in [-0.05, 0) is 63.4 Å². The Kier molecular flexibility index (Phi) is 7.79. The first-order valence-corrected chi connectivity index (χ1v) is 9.59. The van der Waals surface area contributed by atoms with Crippen LogP contribution in [0.2, 0.25) is 0 Å². The molecule has 2 aromatic carbocycles. The van der Waals surface area contributed by atoms with Crippen molar-refractivity contribution in [3.63, 3.8) is 0 Å². The number of esters is 1. The lowest BCUT2D eigenvalue weighted by Gasteiger charge is -2.27. The van der Waals surface area contributed by atoms with Crippen LogP contribution < -0.4 is 10.1 Å². The molecule has 0 fully saturated rings. The topological polar surface area (TPSA) is 84.9 Å². The number of aliphatic hydroxyl groups excluding tert-OH is 1. The Morgan fingerprint density at radius 3 is 2.21 bits per heavy atom. The Bertz CT molecular complexity index is 796. The first kappa shape index (κ1) is 22.4. The van der Waals surface area contributed by atoms with E-state index in [0.29, 0.717) is 12.0 Å². The zero-order chi connectivity index (χ0) is 21.4. The summed E-state index contributed by atoms with van der Waals surface area (Å²) in [6, 6.07) is 14.9. The summed E-state index contributed by atoms with van der Waals surface area (Å²) in [4.78, 5) is 25.2. The molecule has 156 valence electrons. The van der Waals surface area contributed by atoms with Crippen molar-refractivity contribution in [2.24, 2.45) is 0 Å². The highest BCUT2D eigenvalue weighted by Gasteiger charge is 2.32. The van der Waals surface area contributed by atoms with Gasteiger partial charge < -0.3 is 19.9 Å². The van der Waals surface area contributed by atoms with Crippen LogP contribution in [-0.2, 0) is 16.0 Å². The summed E-state index contributed by atoms with van der Waals surface area (Å²) >= 11 is 0. The molecule has 0 saturated heterocycles. The summed E-state index contributed by atoms with van der Waals surface area (Å²) in [5.41, 5.74) is 0.660. The molecule has 0 radical (unpaired) electrons. The van der Waals surface area contributed by atoms with E-state index in [2.05, 4.69) is 5.32 Å². The molecule has 6 heteroatoms. The highest BCUT2D eigenvalue weighted by molar-refractivity contribution is 5.96. The van der Waals surface area contributed by atoms with Crippen LogP contribution in [0.4, 0.5) is 0 Å². The summed E-state index contributed by atoms with van der Waals surface area (Å²) in [5, 5.41) is 13.3. The van der Waals surface area contributed by atoms with Crippen LogP contribution >= 0.6 is 0 Å². The lowest BCUT2D eigenvalue weighted by Crippen LogP contribution is -2.51. The van der Waals surface area contributed by atoms with Crippen LogP contribution in [0, 0.1) is 0 Å². The Hall–Kier alpha value is -2.86. The molecule has 2 rings (SSSR count). The Balaban J connectivity index is 2.09. The fourth-order valence-electron chi connectivity index (χ4n) is 2.76. The lowest BCUT2D eigenvalue weighted by atomic mass is 10.0. The Labute approximate surface area is 171 Å². The fourth-order valence-corrected chi connectivity index (χ4v) is 2.76. The van der Waals surface area contributed by atoms with Crippen molar-refractivity contribution in [3.8, 4) is 5.75 Å². The van der Waals surface area contributed by atoms with E-state index in [-0.39, 0.29) is 6.42 Å². The molecule has 2 aromatic rings. The van der Waals surface area contributed by atoms with Gasteiger partial charge in [0.1, 0.15) is 11.4 Å². The monoisotopic (exact) mass is 399 g/mol. The lowest BCUT2D eigenvalue weighted by molar-refractivity contribution is -0.160. The van der Waals surface area contributed by atoms with Crippen molar-refractivity contribution in [1.29, 1.82) is 0 Å². The van der Waals surface area contributed by atoms with Crippen molar-refractivity contribution < 1.29 is 24.2 Å². The molecule has 0 heterocycles. The predicted molar refractivity (Wildman–Crippen MR) is 111 cm³/mol.